The van der Waals surface area contributed by atoms with Crippen molar-refractivity contribution in [2.75, 3.05) is 0 Å². The second kappa shape index (κ2) is 8.17. The van der Waals surface area contributed by atoms with E-state index in [9.17, 15) is 9.59 Å². The largest absolute Gasteiger partial charge is 0.458 e. The molecule has 2 heterocycles. The molecule has 0 unspecified atom stereocenters. The number of aryl methyl sites for hydroxylation is 1. The van der Waals surface area contributed by atoms with E-state index in [0.717, 1.165) is 35.7 Å². The molecule has 0 saturated heterocycles. The lowest BCUT2D eigenvalue weighted by Gasteiger charge is -2.21. The number of thiophene rings is 1. The fourth-order valence-corrected chi connectivity index (χ4v) is 5.16. The van der Waals surface area contributed by atoms with Gasteiger partial charge in [-0.3, -0.25) is 9.36 Å². The van der Waals surface area contributed by atoms with Crippen LogP contribution in [-0.2, 0) is 11.3 Å². The number of ether oxygens (including phenoxy) is 1. The summed E-state index contributed by atoms with van der Waals surface area (Å²) in [6, 6.07) is 7.82. The van der Waals surface area contributed by atoms with Gasteiger partial charge in [0, 0.05) is 4.47 Å². The number of hydrogen-bond acceptors (Lipinski definition) is 5. The van der Waals surface area contributed by atoms with Gasteiger partial charge >= 0.3 is 5.97 Å². The SMILES string of the molecule is Cc1c(C(=O)OC2CCCCC2)sc2ncn(Cc3cccc(Br)c3)c(=O)c12. The molecule has 1 fully saturated rings. The van der Waals surface area contributed by atoms with Crippen LogP contribution in [-0.4, -0.2) is 21.6 Å². The van der Waals surface area contributed by atoms with Crippen LogP contribution in [0, 0.1) is 6.92 Å². The number of nitrogens with zero attached hydrogens (tertiary/aromatic N) is 2. The molecule has 0 atom stereocenters. The van der Waals surface area contributed by atoms with Gasteiger partial charge in [0.25, 0.3) is 5.56 Å². The smallest absolute Gasteiger partial charge is 0.348 e. The Morgan fingerprint density at radius 1 is 1.32 bits per heavy atom. The molecular weight excluding hydrogens is 440 g/mol. The first-order valence-electron chi connectivity index (χ1n) is 9.47. The summed E-state index contributed by atoms with van der Waals surface area (Å²) >= 11 is 4.70. The highest BCUT2D eigenvalue weighted by Crippen LogP contribution is 2.29. The molecule has 0 aliphatic heterocycles. The predicted molar refractivity (Wildman–Crippen MR) is 114 cm³/mol. The summed E-state index contributed by atoms with van der Waals surface area (Å²) in [6.07, 6.45) is 6.80. The second-order valence-corrected chi connectivity index (χ2v) is 9.12. The fraction of sp³-hybridized carbons (Fsp3) is 0.381. The molecule has 0 radical (unpaired) electrons. The Morgan fingerprint density at radius 3 is 2.86 bits per heavy atom. The maximum atomic E-state index is 13.0. The number of carbonyl (C=O) groups excluding carboxylic acids is 1. The highest BCUT2D eigenvalue weighted by atomic mass is 79.9. The maximum Gasteiger partial charge on any atom is 0.348 e. The second-order valence-electron chi connectivity index (χ2n) is 7.21. The van der Waals surface area contributed by atoms with Crippen molar-refractivity contribution >= 4 is 43.5 Å². The molecule has 5 nitrogen and oxygen atoms in total. The van der Waals surface area contributed by atoms with Gasteiger partial charge < -0.3 is 4.74 Å². The third-order valence-electron chi connectivity index (χ3n) is 5.17. The van der Waals surface area contributed by atoms with Crippen LogP contribution >= 0.6 is 27.3 Å². The van der Waals surface area contributed by atoms with Gasteiger partial charge in [-0.25, -0.2) is 9.78 Å². The minimum Gasteiger partial charge on any atom is -0.458 e. The Labute approximate surface area is 175 Å². The number of fused-ring (bicyclic) bond motifs is 1. The van der Waals surface area contributed by atoms with Gasteiger partial charge in [0.15, 0.2) is 0 Å². The molecule has 1 saturated carbocycles. The van der Waals surface area contributed by atoms with Crippen LogP contribution in [0.3, 0.4) is 0 Å². The minimum atomic E-state index is -0.328. The number of carbonyl (C=O) groups is 1. The third-order valence-corrected chi connectivity index (χ3v) is 6.84. The molecule has 146 valence electrons. The number of rotatable bonds is 4. The molecular formula is C21H21BrN2O3S. The van der Waals surface area contributed by atoms with E-state index in [1.807, 2.05) is 31.2 Å². The average Bonchev–Trinajstić information content (AvgIpc) is 3.02. The summed E-state index contributed by atoms with van der Waals surface area (Å²) in [5, 5.41) is 0.512. The monoisotopic (exact) mass is 460 g/mol. The molecule has 3 aromatic rings. The highest BCUT2D eigenvalue weighted by Gasteiger charge is 2.24. The van der Waals surface area contributed by atoms with Crippen LogP contribution in [0.25, 0.3) is 10.2 Å². The fourth-order valence-electron chi connectivity index (χ4n) is 3.69. The zero-order valence-corrected chi connectivity index (χ0v) is 18.0. The van der Waals surface area contributed by atoms with Crippen LogP contribution < -0.4 is 5.56 Å². The summed E-state index contributed by atoms with van der Waals surface area (Å²) in [6.45, 7) is 2.24. The number of aromatic nitrogens is 2. The minimum absolute atomic E-state index is 0.00740. The van der Waals surface area contributed by atoms with E-state index in [0.29, 0.717) is 27.2 Å². The Hall–Kier alpha value is -1.99. The van der Waals surface area contributed by atoms with Crippen LogP contribution in [0.2, 0.25) is 0 Å². The van der Waals surface area contributed by atoms with Gasteiger partial charge in [-0.05, 0) is 55.9 Å². The first-order chi connectivity index (χ1) is 13.5. The third kappa shape index (κ3) is 3.91. The number of benzene rings is 1. The topological polar surface area (TPSA) is 61.2 Å². The van der Waals surface area contributed by atoms with Crippen molar-refractivity contribution in [1.82, 2.24) is 9.55 Å². The molecule has 1 aromatic carbocycles. The Balaban J connectivity index is 1.64. The predicted octanol–water partition coefficient (Wildman–Crippen LogP) is 5.07. The molecule has 28 heavy (non-hydrogen) atoms. The number of halogens is 1. The van der Waals surface area contributed by atoms with E-state index in [2.05, 4.69) is 20.9 Å². The van der Waals surface area contributed by atoms with Gasteiger partial charge in [0.2, 0.25) is 0 Å². The van der Waals surface area contributed by atoms with Crippen LogP contribution in [0.15, 0.2) is 39.9 Å². The summed E-state index contributed by atoms with van der Waals surface area (Å²) < 4.78 is 8.24. The van der Waals surface area contributed by atoms with Crippen LogP contribution in [0.4, 0.5) is 0 Å². The van der Waals surface area contributed by atoms with Gasteiger partial charge in [0.05, 0.1) is 18.3 Å². The van der Waals surface area contributed by atoms with Gasteiger partial charge in [-0.1, -0.05) is 34.5 Å². The summed E-state index contributed by atoms with van der Waals surface area (Å²) in [7, 11) is 0. The number of hydrogen-bond donors (Lipinski definition) is 0. The van der Waals surface area contributed by atoms with E-state index in [-0.39, 0.29) is 17.6 Å². The first kappa shape index (κ1) is 19.3. The lowest BCUT2D eigenvalue weighted by atomic mass is 9.98. The standard InChI is InChI=1S/C21H21BrN2O3S/c1-13-17-19(28-18(13)21(26)27-16-8-3-2-4-9-16)23-12-24(20(17)25)11-14-6-5-7-15(22)10-14/h5-7,10,12,16H,2-4,8-9,11H2,1H3. The van der Waals surface area contributed by atoms with Crippen molar-refractivity contribution in [2.45, 2.75) is 51.7 Å². The zero-order chi connectivity index (χ0) is 19.7. The Kier molecular flexibility index (Phi) is 5.64. The van der Waals surface area contributed by atoms with E-state index in [4.69, 9.17) is 4.74 Å². The molecule has 2 aromatic heterocycles. The lowest BCUT2D eigenvalue weighted by molar-refractivity contribution is 0.0216. The van der Waals surface area contributed by atoms with E-state index < -0.39 is 0 Å². The number of esters is 1. The Morgan fingerprint density at radius 2 is 2.11 bits per heavy atom. The Bertz CT molecular complexity index is 1080. The first-order valence-corrected chi connectivity index (χ1v) is 11.1. The highest BCUT2D eigenvalue weighted by molar-refractivity contribution is 9.10. The summed E-state index contributed by atoms with van der Waals surface area (Å²) in [5.41, 5.74) is 1.54. The normalized spacial score (nSPS) is 15.1. The molecule has 0 bridgehead atoms. The summed E-state index contributed by atoms with van der Waals surface area (Å²) in [5.74, 6) is -0.328. The molecule has 4 rings (SSSR count). The van der Waals surface area contributed by atoms with Gasteiger partial charge in [-0.2, -0.15) is 0 Å². The lowest BCUT2D eigenvalue weighted by Crippen LogP contribution is -2.22. The molecule has 0 spiro atoms. The van der Waals surface area contributed by atoms with Crippen molar-refractivity contribution in [2.24, 2.45) is 0 Å². The van der Waals surface area contributed by atoms with Crippen LogP contribution in [0.5, 0.6) is 0 Å². The maximum absolute atomic E-state index is 13.0. The van der Waals surface area contributed by atoms with Crippen molar-refractivity contribution in [1.29, 1.82) is 0 Å². The summed E-state index contributed by atoms with van der Waals surface area (Å²) in [4.78, 5) is 31.2. The molecule has 1 aliphatic rings. The van der Waals surface area contributed by atoms with Crippen molar-refractivity contribution < 1.29 is 9.53 Å². The molecule has 7 heteroatoms. The average molecular weight is 461 g/mol. The molecule has 1 aliphatic carbocycles. The van der Waals surface area contributed by atoms with Crippen molar-refractivity contribution in [3.8, 4) is 0 Å². The molecule has 0 amide bonds. The quantitative estimate of drug-likeness (QED) is 0.510. The van der Waals surface area contributed by atoms with E-state index in [1.165, 1.54) is 17.8 Å². The van der Waals surface area contributed by atoms with Crippen LogP contribution in [0.1, 0.15) is 52.9 Å². The van der Waals surface area contributed by atoms with Gasteiger partial charge in [0.1, 0.15) is 15.8 Å². The molecule has 0 N–H and O–H groups in total. The van der Waals surface area contributed by atoms with E-state index >= 15 is 0 Å². The van der Waals surface area contributed by atoms with Crippen molar-refractivity contribution in [3.63, 3.8) is 0 Å². The zero-order valence-electron chi connectivity index (χ0n) is 15.6. The van der Waals surface area contributed by atoms with E-state index in [1.54, 1.807) is 10.9 Å². The van der Waals surface area contributed by atoms with Crippen molar-refractivity contribution in [3.05, 3.63) is 61.4 Å². The van der Waals surface area contributed by atoms with Gasteiger partial charge in [-0.15, -0.1) is 11.3 Å².